The second-order valence-corrected chi connectivity index (χ2v) is 7.53. The zero-order valence-electron chi connectivity index (χ0n) is 16.1. The number of benzene rings is 1. The molecule has 142 valence electrons. The first-order valence-electron chi connectivity index (χ1n) is 9.91. The number of carbonyl (C=O) groups is 1. The minimum Gasteiger partial charge on any atom is -0.342 e. The summed E-state index contributed by atoms with van der Waals surface area (Å²) in [5.74, 6) is 1.57. The van der Waals surface area contributed by atoms with Crippen molar-refractivity contribution in [3.63, 3.8) is 0 Å². The molecule has 0 saturated carbocycles. The quantitative estimate of drug-likeness (QED) is 0.751. The average Bonchev–Trinajstić information content (AvgIpc) is 3.25. The van der Waals surface area contributed by atoms with Crippen molar-refractivity contribution in [2.24, 2.45) is 5.92 Å². The van der Waals surface area contributed by atoms with Gasteiger partial charge in [0.2, 0.25) is 0 Å². The van der Waals surface area contributed by atoms with E-state index >= 15 is 0 Å². The first-order chi connectivity index (χ1) is 13.2. The lowest BCUT2D eigenvalue weighted by Crippen LogP contribution is -2.40. The van der Waals surface area contributed by atoms with Crippen LogP contribution in [0.5, 0.6) is 0 Å². The molecule has 6 heteroatoms. The Bertz CT molecular complexity index is 908. The Morgan fingerprint density at radius 1 is 1.33 bits per heavy atom. The predicted molar refractivity (Wildman–Crippen MR) is 106 cm³/mol. The number of amides is 1. The fourth-order valence-electron chi connectivity index (χ4n) is 4.06. The summed E-state index contributed by atoms with van der Waals surface area (Å²) in [6.45, 7) is 6.58. The fraction of sp³-hybridized carbons (Fsp3) is 0.476. The summed E-state index contributed by atoms with van der Waals surface area (Å²) in [4.78, 5) is 23.1. The molecule has 1 unspecified atom stereocenters. The van der Waals surface area contributed by atoms with Crippen LogP contribution in [0.1, 0.15) is 48.1 Å². The summed E-state index contributed by atoms with van der Waals surface area (Å²) in [5.41, 5.74) is 3.81. The Kier molecular flexibility index (Phi) is 4.97. The van der Waals surface area contributed by atoms with Gasteiger partial charge in [0.25, 0.3) is 5.91 Å². The number of H-pyrrole nitrogens is 1. The largest absolute Gasteiger partial charge is 0.342 e. The van der Waals surface area contributed by atoms with Crippen molar-refractivity contribution in [1.82, 2.24) is 24.6 Å². The molecule has 1 aromatic carbocycles. The third kappa shape index (κ3) is 3.61. The highest BCUT2D eigenvalue weighted by atomic mass is 16.2. The van der Waals surface area contributed by atoms with Crippen LogP contribution < -0.4 is 0 Å². The van der Waals surface area contributed by atoms with Crippen LogP contribution in [0, 0.1) is 12.8 Å². The molecule has 6 nitrogen and oxygen atoms in total. The molecular formula is C21H27N5O. The number of aromatic nitrogens is 4. The number of aryl methyl sites for hydroxylation is 1. The Labute approximate surface area is 159 Å². The number of fused-ring (bicyclic) bond motifs is 1. The van der Waals surface area contributed by atoms with E-state index in [1.807, 2.05) is 34.7 Å². The zero-order chi connectivity index (χ0) is 18.8. The van der Waals surface area contributed by atoms with Crippen molar-refractivity contribution in [1.29, 1.82) is 0 Å². The first-order valence-corrected chi connectivity index (χ1v) is 9.91. The number of aromatic amines is 1. The third-order valence-electron chi connectivity index (χ3n) is 5.50. The summed E-state index contributed by atoms with van der Waals surface area (Å²) >= 11 is 0. The highest BCUT2D eigenvalue weighted by Gasteiger charge is 2.27. The van der Waals surface area contributed by atoms with Crippen LogP contribution in [0.15, 0.2) is 30.5 Å². The number of para-hydroxylation sites is 2. The van der Waals surface area contributed by atoms with Crippen LogP contribution >= 0.6 is 0 Å². The van der Waals surface area contributed by atoms with Gasteiger partial charge < -0.3 is 9.88 Å². The molecular weight excluding hydrogens is 338 g/mol. The van der Waals surface area contributed by atoms with E-state index in [1.54, 1.807) is 6.20 Å². The molecule has 1 atom stereocenters. The van der Waals surface area contributed by atoms with Gasteiger partial charge in [-0.2, -0.15) is 5.10 Å². The van der Waals surface area contributed by atoms with Crippen molar-refractivity contribution in [3.05, 3.63) is 47.5 Å². The number of rotatable bonds is 5. The predicted octanol–water partition coefficient (Wildman–Crippen LogP) is 3.57. The lowest BCUT2D eigenvalue weighted by atomic mass is 9.94. The van der Waals surface area contributed by atoms with Gasteiger partial charge in [-0.3, -0.25) is 9.48 Å². The molecule has 0 aliphatic carbocycles. The van der Waals surface area contributed by atoms with E-state index < -0.39 is 0 Å². The molecule has 1 aliphatic heterocycles. The summed E-state index contributed by atoms with van der Waals surface area (Å²) in [5, 5.41) is 4.39. The van der Waals surface area contributed by atoms with Crippen LogP contribution in [0.25, 0.3) is 11.0 Å². The van der Waals surface area contributed by atoms with E-state index in [-0.39, 0.29) is 5.91 Å². The second-order valence-electron chi connectivity index (χ2n) is 7.53. The van der Waals surface area contributed by atoms with Gasteiger partial charge in [0, 0.05) is 31.7 Å². The molecule has 0 radical (unpaired) electrons. The lowest BCUT2D eigenvalue weighted by Gasteiger charge is -2.32. The molecule has 1 fully saturated rings. The molecule has 1 aliphatic rings. The van der Waals surface area contributed by atoms with Crippen LogP contribution in [0.2, 0.25) is 0 Å². The fourth-order valence-corrected chi connectivity index (χ4v) is 4.06. The number of likely N-dealkylation sites (tertiary alicyclic amines) is 1. The number of nitrogens with zero attached hydrogens (tertiary/aromatic N) is 4. The maximum Gasteiger partial charge on any atom is 0.257 e. The number of hydrogen-bond donors (Lipinski definition) is 1. The van der Waals surface area contributed by atoms with Gasteiger partial charge >= 0.3 is 0 Å². The maximum atomic E-state index is 13.0. The molecule has 4 rings (SSSR count). The first kappa shape index (κ1) is 17.8. The molecule has 3 aromatic rings. The van der Waals surface area contributed by atoms with Crippen molar-refractivity contribution < 1.29 is 4.79 Å². The summed E-state index contributed by atoms with van der Waals surface area (Å²) in [6.07, 6.45) is 5.80. The molecule has 0 bridgehead atoms. The summed E-state index contributed by atoms with van der Waals surface area (Å²) < 4.78 is 1.93. The number of nitrogens with one attached hydrogen (secondary N) is 1. The topological polar surface area (TPSA) is 66.8 Å². The minimum atomic E-state index is 0.115. The van der Waals surface area contributed by atoms with Crippen molar-refractivity contribution >= 4 is 16.9 Å². The molecule has 3 heterocycles. The van der Waals surface area contributed by atoms with Gasteiger partial charge in [0.15, 0.2) is 0 Å². The minimum absolute atomic E-state index is 0.115. The number of carbonyl (C=O) groups excluding carboxylic acids is 1. The van der Waals surface area contributed by atoms with Gasteiger partial charge in [0.1, 0.15) is 5.82 Å². The monoisotopic (exact) mass is 365 g/mol. The zero-order valence-corrected chi connectivity index (χ0v) is 16.1. The summed E-state index contributed by atoms with van der Waals surface area (Å²) in [7, 11) is 0. The lowest BCUT2D eigenvalue weighted by molar-refractivity contribution is 0.0671. The van der Waals surface area contributed by atoms with Gasteiger partial charge in [-0.15, -0.1) is 0 Å². The van der Waals surface area contributed by atoms with E-state index in [1.165, 1.54) is 0 Å². The van der Waals surface area contributed by atoms with Gasteiger partial charge in [-0.1, -0.05) is 19.1 Å². The van der Waals surface area contributed by atoms with Crippen LogP contribution in [0.4, 0.5) is 0 Å². The molecule has 1 N–H and O–H groups in total. The van der Waals surface area contributed by atoms with Gasteiger partial charge in [0.05, 0.1) is 22.8 Å². The average molecular weight is 365 g/mol. The van der Waals surface area contributed by atoms with Crippen molar-refractivity contribution in [3.8, 4) is 0 Å². The van der Waals surface area contributed by atoms with E-state index in [4.69, 9.17) is 4.98 Å². The normalized spacial score (nSPS) is 17.6. The number of hydrogen-bond acceptors (Lipinski definition) is 3. The highest BCUT2D eigenvalue weighted by Crippen LogP contribution is 2.23. The Morgan fingerprint density at radius 2 is 2.19 bits per heavy atom. The van der Waals surface area contributed by atoms with Crippen LogP contribution in [-0.2, 0) is 13.0 Å². The standard InChI is InChI=1S/C21H27N5O/c1-3-10-26-15(2)17(13-22-26)21(27)25-11-6-7-16(14-25)12-20-23-18-8-4-5-9-19(18)24-20/h4-5,8-9,13,16H,3,6-7,10-12,14H2,1-2H3,(H,23,24). The molecule has 0 spiro atoms. The molecule has 27 heavy (non-hydrogen) atoms. The SMILES string of the molecule is CCCn1ncc(C(=O)N2CCCC(Cc3nc4ccccc4[nH]3)C2)c1C. The molecule has 1 amide bonds. The second kappa shape index (κ2) is 7.55. The van der Waals surface area contributed by atoms with Crippen molar-refractivity contribution in [2.75, 3.05) is 13.1 Å². The van der Waals surface area contributed by atoms with Gasteiger partial charge in [-0.05, 0) is 44.2 Å². The van der Waals surface area contributed by atoms with Gasteiger partial charge in [-0.25, -0.2) is 4.98 Å². The Hall–Kier alpha value is -2.63. The van der Waals surface area contributed by atoms with E-state index in [0.717, 1.165) is 73.4 Å². The Morgan fingerprint density at radius 3 is 3.00 bits per heavy atom. The number of piperidine rings is 1. The smallest absolute Gasteiger partial charge is 0.257 e. The highest BCUT2D eigenvalue weighted by molar-refractivity contribution is 5.95. The third-order valence-corrected chi connectivity index (χ3v) is 5.50. The van der Waals surface area contributed by atoms with E-state index in [9.17, 15) is 4.79 Å². The maximum absolute atomic E-state index is 13.0. The van der Waals surface area contributed by atoms with E-state index in [0.29, 0.717) is 5.92 Å². The molecule has 1 saturated heterocycles. The Balaban J connectivity index is 1.45. The molecule has 2 aromatic heterocycles. The summed E-state index contributed by atoms with van der Waals surface area (Å²) in [6, 6.07) is 8.11. The van der Waals surface area contributed by atoms with Crippen LogP contribution in [0.3, 0.4) is 0 Å². The van der Waals surface area contributed by atoms with Crippen LogP contribution in [-0.4, -0.2) is 43.6 Å². The number of imidazole rings is 1. The van der Waals surface area contributed by atoms with E-state index in [2.05, 4.69) is 23.1 Å². The van der Waals surface area contributed by atoms with Crippen molar-refractivity contribution in [2.45, 2.75) is 46.1 Å².